The predicted octanol–water partition coefficient (Wildman–Crippen LogP) is 2.66. The zero-order chi connectivity index (χ0) is 14.5. The van der Waals surface area contributed by atoms with Crippen molar-refractivity contribution in [3.63, 3.8) is 0 Å². The van der Waals surface area contributed by atoms with E-state index >= 15 is 0 Å². The number of nitrogens with two attached hydrogens (primary N) is 1. The lowest BCUT2D eigenvalue weighted by molar-refractivity contribution is -0.116. The van der Waals surface area contributed by atoms with Gasteiger partial charge in [-0.3, -0.25) is 4.79 Å². The molecule has 1 aliphatic rings. The van der Waals surface area contributed by atoms with E-state index in [-0.39, 0.29) is 5.91 Å². The standard InChI is InChI=1S/C16H24N2O2/c1-3-20-15-8-4-7-14-13(9-10-17)6-5-11-18(12(2)19)16(14)15/h4,7-8,13H,3,5-6,9-11,17H2,1-2H3. The molecular weight excluding hydrogens is 252 g/mol. The van der Waals surface area contributed by atoms with Crippen molar-refractivity contribution in [1.82, 2.24) is 0 Å². The molecule has 4 nitrogen and oxygen atoms in total. The Kier molecular flexibility index (Phi) is 5.01. The number of anilines is 1. The Morgan fingerprint density at radius 2 is 2.30 bits per heavy atom. The minimum Gasteiger partial charge on any atom is -0.492 e. The van der Waals surface area contributed by atoms with Gasteiger partial charge in [-0.2, -0.15) is 0 Å². The van der Waals surface area contributed by atoms with Gasteiger partial charge in [-0.1, -0.05) is 12.1 Å². The van der Waals surface area contributed by atoms with Crippen molar-refractivity contribution in [2.24, 2.45) is 5.73 Å². The van der Waals surface area contributed by atoms with Gasteiger partial charge in [0.1, 0.15) is 5.75 Å². The van der Waals surface area contributed by atoms with E-state index < -0.39 is 0 Å². The maximum Gasteiger partial charge on any atom is 0.223 e. The minimum absolute atomic E-state index is 0.0757. The van der Waals surface area contributed by atoms with Crippen LogP contribution in [0.1, 0.15) is 44.6 Å². The summed E-state index contributed by atoms with van der Waals surface area (Å²) in [5.41, 5.74) is 7.91. The molecule has 0 radical (unpaired) electrons. The van der Waals surface area contributed by atoms with Crippen LogP contribution in [-0.2, 0) is 4.79 Å². The summed E-state index contributed by atoms with van der Waals surface area (Å²) in [4.78, 5) is 13.8. The number of amides is 1. The van der Waals surface area contributed by atoms with Gasteiger partial charge in [0.2, 0.25) is 5.91 Å². The maximum atomic E-state index is 12.0. The molecule has 1 heterocycles. The van der Waals surface area contributed by atoms with Crippen molar-refractivity contribution >= 4 is 11.6 Å². The van der Waals surface area contributed by atoms with Gasteiger partial charge in [0.15, 0.2) is 0 Å². The SMILES string of the molecule is CCOc1cccc2c1N(C(C)=O)CCCC2CCN. The highest BCUT2D eigenvalue weighted by Crippen LogP contribution is 2.41. The Morgan fingerprint density at radius 1 is 1.50 bits per heavy atom. The van der Waals surface area contributed by atoms with Crippen molar-refractivity contribution in [1.29, 1.82) is 0 Å². The zero-order valence-electron chi connectivity index (χ0n) is 12.4. The summed E-state index contributed by atoms with van der Waals surface area (Å²) in [6.45, 7) is 5.61. The van der Waals surface area contributed by atoms with Gasteiger partial charge in [0.25, 0.3) is 0 Å². The largest absolute Gasteiger partial charge is 0.492 e. The number of hydrogen-bond donors (Lipinski definition) is 1. The second-order valence-electron chi connectivity index (χ2n) is 5.21. The Morgan fingerprint density at radius 3 is 2.95 bits per heavy atom. The number of nitrogens with zero attached hydrogens (tertiary/aromatic N) is 1. The van der Waals surface area contributed by atoms with Crippen molar-refractivity contribution in [3.8, 4) is 5.75 Å². The molecule has 0 spiro atoms. The molecule has 1 aliphatic heterocycles. The van der Waals surface area contributed by atoms with Crippen molar-refractivity contribution < 1.29 is 9.53 Å². The van der Waals surface area contributed by atoms with Gasteiger partial charge >= 0.3 is 0 Å². The number of fused-ring (bicyclic) bond motifs is 1. The van der Waals surface area contributed by atoms with Gasteiger partial charge < -0.3 is 15.4 Å². The predicted molar refractivity (Wildman–Crippen MR) is 81.3 cm³/mol. The number of rotatable bonds is 4. The van der Waals surface area contributed by atoms with Gasteiger partial charge in [0, 0.05) is 13.5 Å². The fourth-order valence-corrected chi connectivity index (χ4v) is 3.01. The number of carbonyl (C=O) groups is 1. The molecule has 1 amide bonds. The third-order valence-electron chi connectivity index (χ3n) is 3.87. The first kappa shape index (κ1) is 14.9. The molecule has 0 saturated carbocycles. The molecule has 0 aromatic heterocycles. The summed E-state index contributed by atoms with van der Waals surface area (Å²) in [7, 11) is 0. The molecule has 1 aromatic carbocycles. The van der Waals surface area contributed by atoms with E-state index in [1.165, 1.54) is 5.56 Å². The summed E-state index contributed by atoms with van der Waals surface area (Å²) in [5.74, 6) is 1.30. The van der Waals surface area contributed by atoms with E-state index in [0.29, 0.717) is 19.1 Å². The summed E-state index contributed by atoms with van der Waals surface area (Å²) < 4.78 is 5.74. The smallest absolute Gasteiger partial charge is 0.223 e. The first-order valence-corrected chi connectivity index (χ1v) is 7.42. The number of hydrogen-bond acceptors (Lipinski definition) is 3. The van der Waals surface area contributed by atoms with E-state index in [1.807, 2.05) is 24.0 Å². The molecule has 1 atom stereocenters. The Labute approximate surface area is 120 Å². The van der Waals surface area contributed by atoms with E-state index in [0.717, 1.165) is 37.2 Å². The van der Waals surface area contributed by atoms with Crippen LogP contribution in [0.5, 0.6) is 5.75 Å². The zero-order valence-corrected chi connectivity index (χ0v) is 12.4. The van der Waals surface area contributed by atoms with Crippen LogP contribution < -0.4 is 15.4 Å². The van der Waals surface area contributed by atoms with Crippen LogP contribution >= 0.6 is 0 Å². The third kappa shape index (κ3) is 2.96. The fourth-order valence-electron chi connectivity index (χ4n) is 3.01. The van der Waals surface area contributed by atoms with Crippen LogP contribution in [0.4, 0.5) is 5.69 Å². The number of carbonyl (C=O) groups excluding carboxylic acids is 1. The van der Waals surface area contributed by atoms with Crippen LogP contribution in [0.25, 0.3) is 0 Å². The molecule has 0 fully saturated rings. The second kappa shape index (κ2) is 6.75. The number of benzene rings is 1. The van der Waals surface area contributed by atoms with Crippen LogP contribution in [0.3, 0.4) is 0 Å². The minimum atomic E-state index is 0.0757. The van der Waals surface area contributed by atoms with Crippen LogP contribution in [0.15, 0.2) is 18.2 Å². The third-order valence-corrected chi connectivity index (χ3v) is 3.87. The molecule has 0 bridgehead atoms. The lowest BCUT2D eigenvalue weighted by Gasteiger charge is -2.25. The molecule has 110 valence electrons. The highest BCUT2D eigenvalue weighted by molar-refractivity contribution is 5.94. The number of para-hydroxylation sites is 1. The molecule has 2 rings (SSSR count). The van der Waals surface area contributed by atoms with Gasteiger partial charge in [-0.25, -0.2) is 0 Å². The molecular formula is C16H24N2O2. The Bertz CT molecular complexity index is 474. The number of ether oxygens (including phenoxy) is 1. The summed E-state index contributed by atoms with van der Waals surface area (Å²) in [5, 5.41) is 0. The average Bonchev–Trinajstić information content (AvgIpc) is 2.61. The summed E-state index contributed by atoms with van der Waals surface area (Å²) in [6.07, 6.45) is 3.03. The van der Waals surface area contributed by atoms with E-state index in [2.05, 4.69) is 6.07 Å². The lowest BCUT2D eigenvalue weighted by atomic mass is 9.91. The van der Waals surface area contributed by atoms with Crippen LogP contribution in [-0.4, -0.2) is 25.6 Å². The molecule has 1 aromatic rings. The first-order chi connectivity index (χ1) is 9.69. The summed E-state index contributed by atoms with van der Waals surface area (Å²) >= 11 is 0. The van der Waals surface area contributed by atoms with Gasteiger partial charge in [-0.05, 0) is 50.3 Å². The maximum absolute atomic E-state index is 12.0. The second-order valence-corrected chi connectivity index (χ2v) is 5.21. The van der Waals surface area contributed by atoms with Crippen molar-refractivity contribution in [2.75, 3.05) is 24.6 Å². The van der Waals surface area contributed by atoms with Crippen LogP contribution in [0.2, 0.25) is 0 Å². The van der Waals surface area contributed by atoms with Crippen molar-refractivity contribution in [2.45, 2.75) is 39.0 Å². The highest BCUT2D eigenvalue weighted by Gasteiger charge is 2.27. The molecule has 0 saturated heterocycles. The monoisotopic (exact) mass is 276 g/mol. The van der Waals surface area contributed by atoms with E-state index in [1.54, 1.807) is 6.92 Å². The molecule has 4 heteroatoms. The van der Waals surface area contributed by atoms with E-state index in [9.17, 15) is 4.79 Å². The van der Waals surface area contributed by atoms with Crippen molar-refractivity contribution in [3.05, 3.63) is 23.8 Å². The Balaban J connectivity index is 2.51. The van der Waals surface area contributed by atoms with Gasteiger partial charge in [0.05, 0.1) is 12.3 Å². The van der Waals surface area contributed by atoms with E-state index in [4.69, 9.17) is 10.5 Å². The highest BCUT2D eigenvalue weighted by atomic mass is 16.5. The quantitative estimate of drug-likeness (QED) is 0.920. The topological polar surface area (TPSA) is 55.6 Å². The Hall–Kier alpha value is -1.55. The molecule has 20 heavy (non-hydrogen) atoms. The molecule has 2 N–H and O–H groups in total. The van der Waals surface area contributed by atoms with Gasteiger partial charge in [-0.15, -0.1) is 0 Å². The summed E-state index contributed by atoms with van der Waals surface area (Å²) in [6, 6.07) is 6.07. The normalized spacial score (nSPS) is 18.4. The molecule has 1 unspecified atom stereocenters. The fraction of sp³-hybridized carbons (Fsp3) is 0.562. The lowest BCUT2D eigenvalue weighted by Crippen LogP contribution is -2.29. The van der Waals surface area contributed by atoms with Crippen LogP contribution in [0, 0.1) is 0 Å². The molecule has 0 aliphatic carbocycles. The first-order valence-electron chi connectivity index (χ1n) is 7.42. The average molecular weight is 276 g/mol.